The Labute approximate surface area is 180 Å². The number of carbonyl (C=O) groups excluding carboxylic acids is 3. The van der Waals surface area contributed by atoms with Gasteiger partial charge in [-0.1, -0.05) is 19.1 Å². The van der Waals surface area contributed by atoms with Crippen LogP contribution in [0.5, 0.6) is 5.75 Å². The van der Waals surface area contributed by atoms with Gasteiger partial charge in [-0.2, -0.15) is 0 Å². The Morgan fingerprint density at radius 3 is 2.61 bits per heavy atom. The summed E-state index contributed by atoms with van der Waals surface area (Å²) >= 11 is 0. The first-order valence-corrected chi connectivity index (χ1v) is 10.1. The minimum Gasteiger partial charge on any atom is -0.508 e. The Kier molecular flexibility index (Phi) is 6.80. The molecule has 1 aromatic carbocycles. The van der Waals surface area contributed by atoms with Gasteiger partial charge in [-0.05, 0) is 37.0 Å². The zero-order valence-corrected chi connectivity index (χ0v) is 18.1. The van der Waals surface area contributed by atoms with Crippen molar-refractivity contribution in [2.75, 3.05) is 27.4 Å². The number of ether oxygens (including phenoxy) is 3. The molecule has 0 bridgehead atoms. The summed E-state index contributed by atoms with van der Waals surface area (Å²) in [6.07, 6.45) is 0.444. The molecule has 1 aliphatic heterocycles. The van der Waals surface area contributed by atoms with E-state index in [0.717, 1.165) is 0 Å². The fraction of sp³-hybridized carbons (Fsp3) is 0.435. The van der Waals surface area contributed by atoms with E-state index < -0.39 is 29.6 Å². The molecule has 2 aliphatic rings. The molecule has 166 valence electrons. The summed E-state index contributed by atoms with van der Waals surface area (Å²) in [6, 6.07) is 6.39. The van der Waals surface area contributed by atoms with Gasteiger partial charge in [0.2, 0.25) is 0 Å². The molecule has 0 spiro atoms. The van der Waals surface area contributed by atoms with Crippen LogP contribution in [-0.2, 0) is 28.6 Å². The van der Waals surface area contributed by atoms with E-state index in [9.17, 15) is 19.5 Å². The molecule has 0 aromatic heterocycles. The second kappa shape index (κ2) is 9.34. The van der Waals surface area contributed by atoms with E-state index in [4.69, 9.17) is 14.2 Å². The van der Waals surface area contributed by atoms with Crippen molar-refractivity contribution in [2.45, 2.75) is 26.2 Å². The molecule has 1 heterocycles. The number of hydrogen-bond acceptors (Lipinski definition) is 8. The van der Waals surface area contributed by atoms with Crippen LogP contribution in [0.4, 0.5) is 0 Å². The van der Waals surface area contributed by atoms with Gasteiger partial charge in [0, 0.05) is 30.0 Å². The van der Waals surface area contributed by atoms with E-state index in [2.05, 4.69) is 5.32 Å². The molecule has 0 amide bonds. The van der Waals surface area contributed by atoms with Gasteiger partial charge >= 0.3 is 11.9 Å². The van der Waals surface area contributed by atoms with Gasteiger partial charge in [0.05, 0.1) is 19.3 Å². The molecule has 8 nitrogen and oxygen atoms in total. The van der Waals surface area contributed by atoms with Crippen LogP contribution in [0.2, 0.25) is 0 Å². The summed E-state index contributed by atoms with van der Waals surface area (Å²) in [5.41, 5.74) is 2.36. The third kappa shape index (κ3) is 4.34. The Bertz CT molecular complexity index is 962. The molecule has 1 aromatic rings. The molecule has 3 rings (SSSR count). The first kappa shape index (κ1) is 22.6. The molecule has 1 aliphatic carbocycles. The van der Waals surface area contributed by atoms with Crippen molar-refractivity contribution in [1.29, 1.82) is 0 Å². The largest absolute Gasteiger partial charge is 0.508 e. The Hall–Kier alpha value is -3.13. The van der Waals surface area contributed by atoms with Gasteiger partial charge in [0.15, 0.2) is 5.78 Å². The molecule has 0 unspecified atom stereocenters. The number of benzene rings is 1. The zero-order valence-electron chi connectivity index (χ0n) is 18.1. The Morgan fingerprint density at radius 2 is 1.97 bits per heavy atom. The fourth-order valence-corrected chi connectivity index (χ4v) is 4.28. The van der Waals surface area contributed by atoms with Crippen molar-refractivity contribution in [1.82, 2.24) is 5.32 Å². The quantitative estimate of drug-likeness (QED) is 0.402. The molecule has 0 fully saturated rings. The summed E-state index contributed by atoms with van der Waals surface area (Å²) in [7, 11) is 2.75. The summed E-state index contributed by atoms with van der Waals surface area (Å²) in [6.45, 7) is 3.85. The molecule has 3 atom stereocenters. The predicted octanol–water partition coefficient (Wildman–Crippen LogP) is 2.19. The number of carbonyl (C=O) groups is 3. The number of phenols is 1. The monoisotopic (exact) mass is 429 g/mol. The van der Waals surface area contributed by atoms with Crippen LogP contribution >= 0.6 is 0 Å². The molecule has 31 heavy (non-hydrogen) atoms. The average molecular weight is 429 g/mol. The second-order valence-corrected chi connectivity index (χ2v) is 7.76. The van der Waals surface area contributed by atoms with Crippen molar-refractivity contribution in [3.8, 4) is 5.75 Å². The van der Waals surface area contributed by atoms with E-state index in [1.807, 2.05) is 6.92 Å². The smallest absolute Gasteiger partial charge is 0.336 e. The predicted molar refractivity (Wildman–Crippen MR) is 111 cm³/mol. The van der Waals surface area contributed by atoms with E-state index in [-0.39, 0.29) is 30.5 Å². The number of ketones is 1. The maximum Gasteiger partial charge on any atom is 0.336 e. The van der Waals surface area contributed by atoms with Gasteiger partial charge in [0.25, 0.3) is 0 Å². The highest BCUT2D eigenvalue weighted by Gasteiger charge is 2.47. The van der Waals surface area contributed by atoms with Crippen molar-refractivity contribution in [3.05, 3.63) is 52.4 Å². The standard InChI is InChI=1S/C23H27NO7/c1-12-10-16-20(21(26)17(12)22(27)30-4)19(14-6-5-7-15(25)11-14)18(13(2)24-16)23(28)31-9-8-29-3/h5-7,11-12,17,19,24-25H,8-10H2,1-4H3/t12-,17+,19-/m1/s1. The number of nitrogens with one attached hydrogen (secondary N) is 1. The van der Waals surface area contributed by atoms with Crippen LogP contribution in [0, 0.1) is 11.8 Å². The summed E-state index contributed by atoms with van der Waals surface area (Å²) in [5, 5.41) is 13.2. The molecule has 8 heteroatoms. The third-order valence-electron chi connectivity index (χ3n) is 5.69. The number of Topliss-reactive ketones (excluding diaryl/α,β-unsaturated/α-hetero) is 1. The molecule has 2 N–H and O–H groups in total. The first-order chi connectivity index (χ1) is 14.8. The maximum atomic E-state index is 13.5. The highest BCUT2D eigenvalue weighted by Crippen LogP contribution is 2.45. The highest BCUT2D eigenvalue weighted by molar-refractivity contribution is 6.12. The SMILES string of the molecule is COCCOC(=O)C1=C(C)NC2=C(C(=O)[C@@H](C(=O)OC)[C@H](C)C2)[C@@H]1c1cccc(O)c1. The average Bonchev–Trinajstić information content (AvgIpc) is 2.72. The molecular weight excluding hydrogens is 402 g/mol. The summed E-state index contributed by atoms with van der Waals surface area (Å²) < 4.78 is 15.2. The number of hydrogen-bond donors (Lipinski definition) is 2. The number of dihydropyridines is 1. The van der Waals surface area contributed by atoms with Crippen LogP contribution < -0.4 is 5.32 Å². The summed E-state index contributed by atoms with van der Waals surface area (Å²) in [5.74, 6) is -3.60. The number of rotatable bonds is 6. The van der Waals surface area contributed by atoms with Gasteiger partial charge in [0.1, 0.15) is 18.3 Å². The number of aromatic hydroxyl groups is 1. The minimum absolute atomic E-state index is 0.00378. The van der Waals surface area contributed by atoms with Crippen LogP contribution in [-0.4, -0.2) is 50.3 Å². The molecule has 0 saturated heterocycles. The number of methoxy groups -OCH3 is 2. The van der Waals surface area contributed by atoms with Crippen molar-refractivity contribution in [2.24, 2.45) is 11.8 Å². The Morgan fingerprint density at radius 1 is 1.23 bits per heavy atom. The van der Waals surface area contributed by atoms with Crippen molar-refractivity contribution < 1.29 is 33.7 Å². The number of phenolic OH excluding ortho intramolecular Hbond substituents is 1. The van der Waals surface area contributed by atoms with E-state index in [1.165, 1.54) is 26.4 Å². The van der Waals surface area contributed by atoms with Crippen LogP contribution in [0.3, 0.4) is 0 Å². The number of esters is 2. The zero-order chi connectivity index (χ0) is 22.7. The topological polar surface area (TPSA) is 111 Å². The van der Waals surface area contributed by atoms with Crippen LogP contribution in [0.25, 0.3) is 0 Å². The lowest BCUT2D eigenvalue weighted by atomic mass is 9.69. The lowest BCUT2D eigenvalue weighted by Gasteiger charge is -2.38. The number of allylic oxidation sites excluding steroid dienone is 3. The van der Waals surface area contributed by atoms with Crippen LogP contribution in [0.15, 0.2) is 46.8 Å². The molecule has 0 radical (unpaired) electrons. The summed E-state index contributed by atoms with van der Waals surface area (Å²) in [4.78, 5) is 38.9. The normalized spacial score (nSPS) is 23.2. The third-order valence-corrected chi connectivity index (χ3v) is 5.69. The van der Waals surface area contributed by atoms with Gasteiger partial charge in [-0.3, -0.25) is 9.59 Å². The fourth-order valence-electron chi connectivity index (χ4n) is 4.28. The molecule has 0 saturated carbocycles. The maximum absolute atomic E-state index is 13.5. The van der Waals surface area contributed by atoms with Crippen molar-refractivity contribution in [3.63, 3.8) is 0 Å². The first-order valence-electron chi connectivity index (χ1n) is 10.1. The van der Waals surface area contributed by atoms with Gasteiger partial charge < -0.3 is 24.6 Å². The van der Waals surface area contributed by atoms with E-state index >= 15 is 0 Å². The highest BCUT2D eigenvalue weighted by atomic mass is 16.6. The van der Waals surface area contributed by atoms with E-state index in [0.29, 0.717) is 29.0 Å². The van der Waals surface area contributed by atoms with Crippen LogP contribution in [0.1, 0.15) is 31.7 Å². The van der Waals surface area contributed by atoms with Crippen molar-refractivity contribution >= 4 is 17.7 Å². The second-order valence-electron chi connectivity index (χ2n) is 7.76. The minimum atomic E-state index is -0.963. The van der Waals surface area contributed by atoms with Gasteiger partial charge in [-0.15, -0.1) is 0 Å². The lowest BCUT2D eigenvalue weighted by molar-refractivity contribution is -0.151. The van der Waals surface area contributed by atoms with Gasteiger partial charge in [-0.25, -0.2) is 4.79 Å². The Balaban J connectivity index is 2.12. The lowest BCUT2D eigenvalue weighted by Crippen LogP contribution is -2.43. The molecular formula is C23H27NO7. The van der Waals surface area contributed by atoms with E-state index in [1.54, 1.807) is 19.1 Å².